The topological polar surface area (TPSA) is 90.0 Å². The minimum atomic E-state index is -4.10. The Hall–Kier alpha value is -3.11. The number of amides is 2. The Labute approximate surface area is 253 Å². The van der Waals surface area contributed by atoms with Crippen molar-refractivity contribution in [1.82, 2.24) is 14.5 Å². The first-order chi connectivity index (χ1) is 19.4. The minimum Gasteiger partial charge on any atom is -0.355 e. The summed E-state index contributed by atoms with van der Waals surface area (Å²) >= 11 is 13.0. The number of anilines is 1. The molecule has 41 heavy (non-hydrogen) atoms. The van der Waals surface area contributed by atoms with Gasteiger partial charge in [-0.05, 0) is 55.7 Å². The van der Waals surface area contributed by atoms with Crippen molar-refractivity contribution in [3.63, 3.8) is 0 Å². The fourth-order valence-corrected chi connectivity index (χ4v) is 6.02. The highest BCUT2D eigenvalue weighted by Crippen LogP contribution is 2.29. The van der Waals surface area contributed by atoms with Gasteiger partial charge in [0, 0.05) is 49.2 Å². The molecule has 0 aliphatic carbocycles. The zero-order chi connectivity index (χ0) is 30.3. The number of rotatable bonds is 12. The average molecular weight is 620 g/mol. The van der Waals surface area contributed by atoms with Crippen LogP contribution in [0.2, 0.25) is 10.0 Å². The van der Waals surface area contributed by atoms with Crippen LogP contribution in [-0.4, -0.2) is 62.7 Å². The third-order valence-corrected chi connectivity index (χ3v) is 9.18. The zero-order valence-corrected chi connectivity index (χ0v) is 26.2. The zero-order valence-electron chi connectivity index (χ0n) is 23.9. The van der Waals surface area contributed by atoms with E-state index in [-0.39, 0.29) is 18.9 Å². The molecule has 0 heterocycles. The molecule has 3 aromatic carbocycles. The number of benzene rings is 3. The number of hydrogen-bond acceptors (Lipinski definition) is 4. The first-order valence-corrected chi connectivity index (χ1v) is 15.3. The van der Waals surface area contributed by atoms with Gasteiger partial charge in [-0.1, -0.05) is 71.7 Å². The number of likely N-dealkylation sites (N-methyl/N-ethyl adjacent to an activating group) is 1. The van der Waals surface area contributed by atoms with Gasteiger partial charge in [0.25, 0.3) is 0 Å². The maximum absolute atomic E-state index is 14.3. The molecule has 11 heteroatoms. The molecule has 0 unspecified atom stereocenters. The summed E-state index contributed by atoms with van der Waals surface area (Å²) in [6.45, 7) is 5.13. The Morgan fingerprint density at radius 2 is 1.56 bits per heavy atom. The number of carbonyl (C=O) groups excluding carboxylic acids is 2. The van der Waals surface area contributed by atoms with Gasteiger partial charge in [-0.25, -0.2) is 4.31 Å². The van der Waals surface area contributed by atoms with Crippen molar-refractivity contribution < 1.29 is 18.0 Å². The lowest BCUT2D eigenvalue weighted by Gasteiger charge is -2.35. The normalized spacial score (nSPS) is 12.2. The maximum Gasteiger partial charge on any atom is 0.304 e. The summed E-state index contributed by atoms with van der Waals surface area (Å²) in [5.74, 6) is -0.957. The van der Waals surface area contributed by atoms with Crippen molar-refractivity contribution in [2.45, 2.75) is 39.8 Å². The number of nitrogens with zero attached hydrogens (tertiary/aromatic N) is 3. The summed E-state index contributed by atoms with van der Waals surface area (Å²) in [7, 11) is -1.28. The summed E-state index contributed by atoms with van der Waals surface area (Å²) in [6, 6.07) is 18.8. The largest absolute Gasteiger partial charge is 0.355 e. The smallest absolute Gasteiger partial charge is 0.304 e. The predicted molar refractivity (Wildman–Crippen MR) is 165 cm³/mol. The van der Waals surface area contributed by atoms with Gasteiger partial charge >= 0.3 is 10.2 Å². The van der Waals surface area contributed by atoms with Crippen molar-refractivity contribution in [2.24, 2.45) is 0 Å². The molecule has 3 aromatic rings. The van der Waals surface area contributed by atoms with Crippen LogP contribution in [0.25, 0.3) is 0 Å². The van der Waals surface area contributed by atoms with Crippen LogP contribution in [-0.2, 0) is 32.8 Å². The summed E-state index contributed by atoms with van der Waals surface area (Å²) in [5.41, 5.74) is 3.18. The number of hydrogen-bond donors (Lipinski definition) is 1. The molecule has 0 aromatic heterocycles. The van der Waals surface area contributed by atoms with Gasteiger partial charge in [0.15, 0.2) is 0 Å². The van der Waals surface area contributed by atoms with E-state index in [0.717, 1.165) is 19.7 Å². The van der Waals surface area contributed by atoms with Crippen molar-refractivity contribution >= 4 is 50.9 Å². The molecule has 0 radical (unpaired) electrons. The van der Waals surface area contributed by atoms with E-state index >= 15 is 0 Å². The Morgan fingerprint density at radius 1 is 0.927 bits per heavy atom. The first-order valence-electron chi connectivity index (χ1n) is 13.2. The van der Waals surface area contributed by atoms with Gasteiger partial charge in [0.05, 0.1) is 5.69 Å². The van der Waals surface area contributed by atoms with Gasteiger partial charge in [0.2, 0.25) is 11.8 Å². The lowest BCUT2D eigenvalue weighted by molar-refractivity contribution is -0.140. The van der Waals surface area contributed by atoms with E-state index in [1.807, 2.05) is 49.4 Å². The molecule has 0 fully saturated rings. The lowest BCUT2D eigenvalue weighted by atomic mass is 10.0. The van der Waals surface area contributed by atoms with Crippen molar-refractivity contribution in [2.75, 3.05) is 31.5 Å². The molecule has 0 saturated carbocycles. The molecule has 1 atom stereocenters. The summed E-state index contributed by atoms with van der Waals surface area (Å²) in [5, 5.41) is 3.49. The molecule has 1 N–H and O–H groups in total. The van der Waals surface area contributed by atoms with Gasteiger partial charge in [-0.3, -0.25) is 9.59 Å². The first kappa shape index (κ1) is 32.4. The molecule has 0 bridgehead atoms. The molecule has 0 aliphatic rings. The molecular weight excluding hydrogens is 583 g/mol. The molecule has 0 aliphatic heterocycles. The van der Waals surface area contributed by atoms with Crippen molar-refractivity contribution in [3.8, 4) is 0 Å². The van der Waals surface area contributed by atoms with E-state index in [2.05, 4.69) is 5.32 Å². The number of nitrogens with one attached hydrogen (secondary N) is 1. The highest BCUT2D eigenvalue weighted by atomic mass is 35.5. The fourth-order valence-electron chi connectivity index (χ4n) is 4.39. The van der Waals surface area contributed by atoms with Crippen molar-refractivity contribution in [3.05, 3.63) is 99.0 Å². The van der Waals surface area contributed by atoms with Crippen LogP contribution in [0.4, 0.5) is 5.69 Å². The number of carbonyl (C=O) groups is 2. The van der Waals surface area contributed by atoms with Crippen LogP contribution in [0.5, 0.6) is 0 Å². The van der Waals surface area contributed by atoms with Crippen molar-refractivity contribution in [1.29, 1.82) is 0 Å². The Bertz CT molecular complexity index is 1460. The summed E-state index contributed by atoms with van der Waals surface area (Å²) in [6.07, 6.45) is 0.199. The van der Waals surface area contributed by atoms with Gasteiger partial charge in [-0.15, -0.1) is 0 Å². The molecule has 8 nitrogen and oxygen atoms in total. The second kappa shape index (κ2) is 14.2. The van der Waals surface area contributed by atoms with Gasteiger partial charge in [0.1, 0.15) is 12.6 Å². The molecule has 3 rings (SSSR count). The van der Waals surface area contributed by atoms with Crippen LogP contribution in [0.15, 0.2) is 66.7 Å². The van der Waals surface area contributed by atoms with Crippen LogP contribution < -0.4 is 9.62 Å². The van der Waals surface area contributed by atoms with Gasteiger partial charge < -0.3 is 10.2 Å². The van der Waals surface area contributed by atoms with E-state index in [0.29, 0.717) is 33.4 Å². The second-order valence-corrected chi connectivity index (χ2v) is 12.8. The average Bonchev–Trinajstić information content (AvgIpc) is 2.92. The van der Waals surface area contributed by atoms with E-state index in [4.69, 9.17) is 23.2 Å². The highest BCUT2D eigenvalue weighted by Gasteiger charge is 2.35. The van der Waals surface area contributed by atoms with Crippen LogP contribution >= 0.6 is 23.2 Å². The minimum absolute atomic E-state index is 0.103. The maximum atomic E-state index is 14.3. The fraction of sp³-hybridized carbons (Fsp3) is 0.333. The molecule has 0 saturated heterocycles. The number of aryl methyl sites for hydroxylation is 2. The number of halogens is 2. The van der Waals surface area contributed by atoms with E-state index in [9.17, 15) is 18.0 Å². The van der Waals surface area contributed by atoms with E-state index in [1.165, 1.54) is 19.0 Å². The van der Waals surface area contributed by atoms with Gasteiger partial charge in [-0.2, -0.15) is 12.7 Å². The highest BCUT2D eigenvalue weighted by molar-refractivity contribution is 7.90. The van der Waals surface area contributed by atoms with Crippen LogP contribution in [0, 0.1) is 13.8 Å². The molecular formula is C30H36Cl2N4O4S. The molecule has 2 amide bonds. The SMILES string of the molecule is CCNC(=O)[C@H](Cc1ccccc1)N(Cc1c(Cl)cccc1Cl)C(=O)CN(c1cc(C)ccc1C)S(=O)(=O)N(C)C. The second-order valence-electron chi connectivity index (χ2n) is 9.91. The van der Waals surface area contributed by atoms with Crippen LogP contribution in [0.1, 0.15) is 29.2 Å². The third kappa shape index (κ3) is 8.01. The quantitative estimate of drug-likeness (QED) is 0.309. The van der Waals surface area contributed by atoms with E-state index < -0.39 is 28.7 Å². The summed E-state index contributed by atoms with van der Waals surface area (Å²) < 4.78 is 29.3. The monoisotopic (exact) mass is 618 g/mol. The summed E-state index contributed by atoms with van der Waals surface area (Å²) in [4.78, 5) is 29.2. The third-order valence-electron chi connectivity index (χ3n) is 6.66. The standard InChI is InChI=1S/C30H36Cl2N4O4S/c1-6-33-30(38)28(18-23-11-8-7-9-12-23)35(19-24-25(31)13-10-14-26(24)32)29(37)20-36(41(39,40)34(4)5)27-17-21(2)15-16-22(27)3/h7-17,28H,6,18-20H2,1-5H3,(H,33,38)/t28-/m0/s1. The predicted octanol–water partition coefficient (Wildman–Crippen LogP) is 5.00. The Morgan fingerprint density at radius 3 is 2.15 bits per heavy atom. The van der Waals surface area contributed by atoms with Crippen LogP contribution in [0.3, 0.4) is 0 Å². The molecule has 220 valence electrons. The molecule has 0 spiro atoms. The van der Waals surface area contributed by atoms with E-state index in [1.54, 1.807) is 38.1 Å². The lowest BCUT2D eigenvalue weighted by Crippen LogP contribution is -2.54. The Kier molecular flexibility index (Phi) is 11.2. The Balaban J connectivity index is 2.16.